The van der Waals surface area contributed by atoms with Crippen LogP contribution in [0.4, 0.5) is 5.69 Å². The van der Waals surface area contributed by atoms with E-state index in [4.69, 9.17) is 25.8 Å². The van der Waals surface area contributed by atoms with Crippen LogP contribution in [0.5, 0.6) is 11.5 Å². The van der Waals surface area contributed by atoms with Crippen molar-refractivity contribution in [3.63, 3.8) is 0 Å². The van der Waals surface area contributed by atoms with Crippen LogP contribution >= 0.6 is 22.9 Å². The number of carbonyl (C=O) groups is 2. The molecule has 36 heavy (non-hydrogen) atoms. The number of ketones is 1. The lowest BCUT2D eigenvalue weighted by Gasteiger charge is -2.26. The first kappa shape index (κ1) is 26.2. The highest BCUT2D eigenvalue weighted by atomic mass is 35.5. The molecule has 3 aromatic rings. The summed E-state index contributed by atoms with van der Waals surface area (Å²) in [6, 6.07) is 13.9. The maximum absolute atomic E-state index is 12.8. The van der Waals surface area contributed by atoms with Crippen molar-refractivity contribution in [2.45, 2.75) is 13.3 Å². The predicted octanol–water partition coefficient (Wildman–Crippen LogP) is 5.06. The Bertz CT molecular complexity index is 1180. The van der Waals surface area contributed by atoms with E-state index in [1.165, 1.54) is 11.3 Å². The molecule has 2 heterocycles. The minimum atomic E-state index is -0.332. The zero-order valence-electron chi connectivity index (χ0n) is 20.1. The molecule has 0 bridgehead atoms. The summed E-state index contributed by atoms with van der Waals surface area (Å²) in [6.45, 7) is 6.83. The Hall–Kier alpha value is -2.91. The van der Waals surface area contributed by atoms with Gasteiger partial charge >= 0.3 is 0 Å². The third-order valence-electron chi connectivity index (χ3n) is 5.75. The van der Waals surface area contributed by atoms with Crippen molar-refractivity contribution < 1.29 is 23.8 Å². The number of aryl methyl sites for hydroxylation is 1. The highest BCUT2D eigenvalue weighted by molar-refractivity contribution is 7.12. The van der Waals surface area contributed by atoms with Gasteiger partial charge in [-0.1, -0.05) is 17.7 Å². The smallest absolute Gasteiger partial charge is 0.262 e. The van der Waals surface area contributed by atoms with Gasteiger partial charge in [0.25, 0.3) is 5.91 Å². The van der Waals surface area contributed by atoms with Gasteiger partial charge in [0, 0.05) is 30.3 Å². The SMILES string of the molecule is Cc1cc(OCCCN2CCOCC2)ccc1NC(=O)COc1ccc(Cl)cc1C(=O)c1cccs1. The minimum absolute atomic E-state index is 0.195. The van der Waals surface area contributed by atoms with Crippen LogP contribution in [0.25, 0.3) is 0 Å². The molecule has 9 heteroatoms. The number of anilines is 1. The van der Waals surface area contributed by atoms with Crippen LogP contribution in [0.15, 0.2) is 53.9 Å². The average Bonchev–Trinajstić information content (AvgIpc) is 3.43. The number of amides is 1. The monoisotopic (exact) mass is 528 g/mol. The van der Waals surface area contributed by atoms with E-state index < -0.39 is 0 Å². The van der Waals surface area contributed by atoms with E-state index in [9.17, 15) is 9.59 Å². The fourth-order valence-corrected chi connectivity index (χ4v) is 4.69. The van der Waals surface area contributed by atoms with Crippen LogP contribution in [0.3, 0.4) is 0 Å². The molecular weight excluding hydrogens is 500 g/mol. The lowest BCUT2D eigenvalue weighted by molar-refractivity contribution is -0.118. The summed E-state index contributed by atoms with van der Waals surface area (Å²) in [4.78, 5) is 28.3. The van der Waals surface area contributed by atoms with Crippen LogP contribution < -0.4 is 14.8 Å². The number of rotatable bonds is 11. The van der Waals surface area contributed by atoms with Crippen molar-refractivity contribution in [1.82, 2.24) is 4.90 Å². The Morgan fingerprint density at radius 3 is 2.69 bits per heavy atom. The van der Waals surface area contributed by atoms with Crippen LogP contribution in [-0.2, 0) is 9.53 Å². The van der Waals surface area contributed by atoms with Crippen molar-refractivity contribution in [2.75, 3.05) is 51.4 Å². The number of halogens is 1. The molecule has 1 aromatic heterocycles. The van der Waals surface area contributed by atoms with Gasteiger partial charge in [0.2, 0.25) is 5.78 Å². The average molecular weight is 529 g/mol. The Balaban J connectivity index is 1.27. The highest BCUT2D eigenvalue weighted by Gasteiger charge is 2.18. The fourth-order valence-electron chi connectivity index (χ4n) is 3.84. The van der Waals surface area contributed by atoms with Gasteiger partial charge in [-0.3, -0.25) is 14.5 Å². The molecule has 0 aliphatic carbocycles. The van der Waals surface area contributed by atoms with Gasteiger partial charge in [0.15, 0.2) is 6.61 Å². The molecule has 0 spiro atoms. The van der Waals surface area contributed by atoms with Gasteiger partial charge in [-0.15, -0.1) is 11.3 Å². The molecule has 0 atom stereocenters. The predicted molar refractivity (Wildman–Crippen MR) is 142 cm³/mol. The summed E-state index contributed by atoms with van der Waals surface area (Å²) in [7, 11) is 0. The van der Waals surface area contributed by atoms with Crippen LogP contribution in [0.2, 0.25) is 5.02 Å². The first-order valence-electron chi connectivity index (χ1n) is 11.8. The molecule has 2 aromatic carbocycles. The van der Waals surface area contributed by atoms with Gasteiger partial charge in [-0.05, 0) is 66.8 Å². The molecule has 1 fully saturated rings. The summed E-state index contributed by atoms with van der Waals surface area (Å²) >= 11 is 7.43. The van der Waals surface area contributed by atoms with E-state index in [0.29, 0.717) is 33.5 Å². The molecule has 1 N–H and O–H groups in total. The van der Waals surface area contributed by atoms with Gasteiger partial charge in [-0.2, -0.15) is 0 Å². The van der Waals surface area contributed by atoms with Crippen molar-refractivity contribution in [3.8, 4) is 11.5 Å². The second kappa shape index (κ2) is 12.9. The van der Waals surface area contributed by atoms with Crippen LogP contribution in [-0.4, -0.2) is 62.7 Å². The Morgan fingerprint density at radius 1 is 1.11 bits per heavy atom. The number of nitrogens with zero attached hydrogens (tertiary/aromatic N) is 1. The second-order valence-corrected chi connectivity index (χ2v) is 9.80. The van der Waals surface area contributed by atoms with E-state index in [0.717, 1.165) is 50.6 Å². The number of morpholine rings is 1. The summed E-state index contributed by atoms with van der Waals surface area (Å²) in [5.74, 6) is 0.549. The van der Waals surface area contributed by atoms with Crippen molar-refractivity contribution in [3.05, 3.63) is 74.9 Å². The summed E-state index contributed by atoms with van der Waals surface area (Å²) in [6.07, 6.45) is 0.941. The van der Waals surface area contributed by atoms with Gasteiger partial charge in [-0.25, -0.2) is 0 Å². The summed E-state index contributed by atoms with van der Waals surface area (Å²) in [5.41, 5.74) is 1.88. The molecule has 7 nitrogen and oxygen atoms in total. The lowest BCUT2D eigenvalue weighted by Crippen LogP contribution is -2.37. The quantitative estimate of drug-likeness (QED) is 0.277. The third-order valence-corrected chi connectivity index (χ3v) is 6.86. The Morgan fingerprint density at radius 2 is 1.94 bits per heavy atom. The lowest BCUT2D eigenvalue weighted by atomic mass is 10.1. The summed E-state index contributed by atoms with van der Waals surface area (Å²) < 4.78 is 17.0. The molecule has 4 rings (SSSR count). The zero-order valence-corrected chi connectivity index (χ0v) is 21.7. The number of hydrogen-bond donors (Lipinski definition) is 1. The molecule has 190 valence electrons. The fraction of sp³-hybridized carbons (Fsp3) is 0.333. The van der Waals surface area contributed by atoms with Crippen LogP contribution in [0.1, 0.15) is 27.2 Å². The molecular formula is C27H29ClN2O5S. The Labute approximate surface area is 219 Å². The molecule has 1 amide bonds. The first-order chi connectivity index (χ1) is 17.5. The number of benzene rings is 2. The van der Waals surface area contributed by atoms with Gasteiger partial charge in [0.1, 0.15) is 11.5 Å². The van der Waals surface area contributed by atoms with Crippen LogP contribution in [0, 0.1) is 6.92 Å². The van der Waals surface area contributed by atoms with Crippen molar-refractivity contribution in [2.24, 2.45) is 0 Å². The number of nitrogens with one attached hydrogen (secondary N) is 1. The van der Waals surface area contributed by atoms with Crippen molar-refractivity contribution >= 4 is 40.3 Å². The number of thiophene rings is 1. The molecule has 0 unspecified atom stereocenters. The molecule has 0 radical (unpaired) electrons. The van der Waals surface area contributed by atoms with Gasteiger partial charge in [0.05, 0.1) is 30.3 Å². The first-order valence-corrected chi connectivity index (χ1v) is 13.1. The molecule has 1 saturated heterocycles. The Kier molecular flexibility index (Phi) is 9.35. The standard InChI is InChI=1S/C27H29ClN2O5S/c1-19-16-21(34-12-3-9-30-10-13-33-14-11-30)6-7-23(19)29-26(31)18-35-24-8-5-20(28)17-22(24)27(32)25-4-2-15-36-25/h2,4-8,15-17H,3,9-14,18H2,1H3,(H,29,31). The number of ether oxygens (including phenoxy) is 3. The largest absolute Gasteiger partial charge is 0.494 e. The second-order valence-electron chi connectivity index (χ2n) is 8.42. The van der Waals surface area contributed by atoms with Crippen molar-refractivity contribution in [1.29, 1.82) is 0 Å². The topological polar surface area (TPSA) is 77.1 Å². The normalized spacial score (nSPS) is 13.8. The maximum Gasteiger partial charge on any atom is 0.262 e. The minimum Gasteiger partial charge on any atom is -0.494 e. The summed E-state index contributed by atoms with van der Waals surface area (Å²) in [5, 5.41) is 5.11. The van der Waals surface area contributed by atoms with E-state index in [1.807, 2.05) is 30.5 Å². The number of carbonyl (C=O) groups excluding carboxylic acids is 2. The zero-order chi connectivity index (χ0) is 25.3. The number of hydrogen-bond acceptors (Lipinski definition) is 7. The van der Waals surface area contributed by atoms with E-state index in [1.54, 1.807) is 30.3 Å². The molecule has 1 aliphatic rings. The van der Waals surface area contributed by atoms with Gasteiger partial charge < -0.3 is 19.5 Å². The van der Waals surface area contributed by atoms with E-state index >= 15 is 0 Å². The van der Waals surface area contributed by atoms with E-state index in [2.05, 4.69) is 10.2 Å². The molecule has 1 aliphatic heterocycles. The third kappa shape index (κ3) is 7.30. The van der Waals surface area contributed by atoms with E-state index in [-0.39, 0.29) is 18.3 Å². The maximum atomic E-state index is 12.8. The highest BCUT2D eigenvalue weighted by Crippen LogP contribution is 2.27. The molecule has 0 saturated carbocycles.